The fourth-order valence-electron chi connectivity index (χ4n) is 4.62. The molecule has 0 atom stereocenters. The molecule has 7 nitrogen and oxygen atoms in total. The van der Waals surface area contributed by atoms with Crippen LogP contribution in [0.25, 0.3) is 10.8 Å². The van der Waals surface area contributed by atoms with E-state index in [-0.39, 0.29) is 17.7 Å². The second-order valence-corrected chi connectivity index (χ2v) is 9.43. The first-order valence-corrected chi connectivity index (χ1v) is 11.7. The summed E-state index contributed by atoms with van der Waals surface area (Å²) in [4.78, 5) is 32.6. The van der Waals surface area contributed by atoms with Gasteiger partial charge in [-0.1, -0.05) is 24.3 Å². The predicted molar refractivity (Wildman–Crippen MR) is 122 cm³/mol. The van der Waals surface area contributed by atoms with E-state index in [9.17, 15) is 9.59 Å². The van der Waals surface area contributed by atoms with E-state index >= 15 is 0 Å². The molecule has 3 aliphatic rings. The molecule has 1 saturated heterocycles. The first kappa shape index (κ1) is 19.5. The molecule has 2 N–H and O–H groups in total. The fraction of sp³-hybridized carbons (Fsp3) is 0.440. The van der Waals surface area contributed by atoms with Crippen molar-refractivity contribution in [1.82, 2.24) is 20.1 Å². The highest BCUT2D eigenvalue weighted by molar-refractivity contribution is 6.08. The van der Waals surface area contributed by atoms with Crippen LogP contribution in [-0.4, -0.2) is 45.0 Å². The Bertz CT molecular complexity index is 1190. The van der Waals surface area contributed by atoms with E-state index in [2.05, 4.69) is 15.5 Å². The highest BCUT2D eigenvalue weighted by Gasteiger charge is 2.33. The SMILES string of the molecule is O=C(Nc1cc2ccccc2cc1C(=O)N1CCC(c2nc(C3CC3)n[nH]2)CC1)C1CC1. The number of carbonyl (C=O) groups is 2. The molecule has 2 amide bonds. The molecule has 1 aliphatic heterocycles. The Balaban J connectivity index is 1.21. The summed E-state index contributed by atoms with van der Waals surface area (Å²) < 4.78 is 0. The van der Waals surface area contributed by atoms with Gasteiger partial charge in [-0.2, -0.15) is 5.10 Å². The average molecular weight is 430 g/mol. The summed E-state index contributed by atoms with van der Waals surface area (Å²) in [6.45, 7) is 1.34. The number of nitrogens with zero attached hydrogens (tertiary/aromatic N) is 3. The van der Waals surface area contributed by atoms with Gasteiger partial charge in [0, 0.05) is 30.8 Å². The number of carbonyl (C=O) groups excluding carboxylic acids is 2. The molecule has 3 aromatic rings. The highest BCUT2D eigenvalue weighted by Crippen LogP contribution is 2.39. The van der Waals surface area contributed by atoms with Gasteiger partial charge >= 0.3 is 0 Å². The molecule has 2 saturated carbocycles. The van der Waals surface area contributed by atoms with Crippen LogP contribution < -0.4 is 5.32 Å². The number of H-pyrrole nitrogens is 1. The van der Waals surface area contributed by atoms with Crippen LogP contribution in [0, 0.1) is 5.92 Å². The lowest BCUT2D eigenvalue weighted by Gasteiger charge is -2.31. The summed E-state index contributed by atoms with van der Waals surface area (Å²) in [5.74, 6) is 2.85. The number of benzene rings is 2. The van der Waals surface area contributed by atoms with Gasteiger partial charge in [-0.05, 0) is 61.4 Å². The molecule has 0 spiro atoms. The number of likely N-dealkylation sites (tertiary alicyclic amines) is 1. The maximum atomic E-state index is 13.5. The number of aromatic amines is 1. The molecular formula is C25H27N5O2. The Labute approximate surface area is 186 Å². The molecule has 7 heteroatoms. The summed E-state index contributed by atoms with van der Waals surface area (Å²) >= 11 is 0. The summed E-state index contributed by atoms with van der Waals surface area (Å²) in [6, 6.07) is 11.8. The summed E-state index contributed by atoms with van der Waals surface area (Å²) in [5.41, 5.74) is 1.20. The smallest absolute Gasteiger partial charge is 0.255 e. The number of amides is 2. The summed E-state index contributed by atoms with van der Waals surface area (Å²) in [6.07, 6.45) is 5.97. The van der Waals surface area contributed by atoms with Crippen molar-refractivity contribution in [1.29, 1.82) is 0 Å². The average Bonchev–Trinajstić information content (AvgIpc) is 3.76. The van der Waals surface area contributed by atoms with Gasteiger partial charge in [0.05, 0.1) is 11.3 Å². The monoisotopic (exact) mass is 429 g/mol. The lowest BCUT2D eigenvalue weighted by atomic mass is 9.95. The molecule has 1 aromatic heterocycles. The number of nitrogens with one attached hydrogen (secondary N) is 2. The summed E-state index contributed by atoms with van der Waals surface area (Å²) in [7, 11) is 0. The molecule has 2 aromatic carbocycles. The van der Waals surface area contributed by atoms with Crippen molar-refractivity contribution >= 4 is 28.3 Å². The zero-order chi connectivity index (χ0) is 21.7. The van der Waals surface area contributed by atoms with Crippen molar-refractivity contribution in [3.63, 3.8) is 0 Å². The van der Waals surface area contributed by atoms with Gasteiger partial charge in [0.2, 0.25) is 5.91 Å². The third-order valence-corrected chi connectivity index (χ3v) is 6.95. The number of hydrogen-bond donors (Lipinski definition) is 2. The molecule has 0 radical (unpaired) electrons. The Morgan fingerprint density at radius 1 is 0.938 bits per heavy atom. The van der Waals surface area contributed by atoms with E-state index in [0.29, 0.717) is 36.2 Å². The van der Waals surface area contributed by atoms with Gasteiger partial charge in [0.1, 0.15) is 5.82 Å². The van der Waals surface area contributed by atoms with E-state index in [1.165, 1.54) is 12.8 Å². The normalized spacial score (nSPS) is 19.3. The second kappa shape index (κ2) is 7.73. The van der Waals surface area contributed by atoms with E-state index in [4.69, 9.17) is 4.98 Å². The zero-order valence-corrected chi connectivity index (χ0v) is 18.0. The van der Waals surface area contributed by atoms with Gasteiger partial charge in [-0.25, -0.2) is 4.98 Å². The van der Waals surface area contributed by atoms with Crippen molar-refractivity contribution in [3.8, 4) is 0 Å². The number of anilines is 1. The first-order chi connectivity index (χ1) is 15.7. The molecule has 3 fully saturated rings. The third kappa shape index (κ3) is 3.76. The minimum atomic E-state index is -0.0171. The largest absolute Gasteiger partial charge is 0.339 e. The molecule has 2 aliphatic carbocycles. The van der Waals surface area contributed by atoms with Crippen LogP contribution in [0.4, 0.5) is 5.69 Å². The highest BCUT2D eigenvalue weighted by atomic mass is 16.2. The number of piperidine rings is 1. The quantitative estimate of drug-likeness (QED) is 0.636. The van der Waals surface area contributed by atoms with Crippen LogP contribution in [0.5, 0.6) is 0 Å². The van der Waals surface area contributed by atoms with Crippen molar-refractivity contribution in [2.24, 2.45) is 5.92 Å². The van der Waals surface area contributed by atoms with E-state index < -0.39 is 0 Å². The molecule has 2 heterocycles. The van der Waals surface area contributed by atoms with Gasteiger partial charge in [-0.15, -0.1) is 0 Å². The predicted octanol–water partition coefficient (Wildman–Crippen LogP) is 4.20. The minimum Gasteiger partial charge on any atom is -0.339 e. The van der Waals surface area contributed by atoms with Gasteiger partial charge < -0.3 is 10.2 Å². The van der Waals surface area contributed by atoms with Crippen LogP contribution in [0.2, 0.25) is 0 Å². The van der Waals surface area contributed by atoms with Crippen LogP contribution in [0.15, 0.2) is 36.4 Å². The molecule has 0 unspecified atom stereocenters. The van der Waals surface area contributed by atoms with Crippen molar-refractivity contribution < 1.29 is 9.59 Å². The van der Waals surface area contributed by atoms with Crippen LogP contribution in [0.3, 0.4) is 0 Å². The summed E-state index contributed by atoms with van der Waals surface area (Å²) in [5, 5.41) is 12.6. The van der Waals surface area contributed by atoms with Crippen LogP contribution in [0.1, 0.15) is 72.4 Å². The Kier molecular flexibility index (Phi) is 4.70. The lowest BCUT2D eigenvalue weighted by molar-refractivity contribution is -0.117. The minimum absolute atomic E-state index is 0.0171. The first-order valence-electron chi connectivity index (χ1n) is 11.7. The molecule has 6 rings (SSSR count). The standard InChI is InChI=1S/C25H27N5O2/c31-24(17-7-8-17)26-21-14-19-4-2-1-3-18(19)13-20(21)25(32)30-11-9-16(10-12-30)23-27-22(28-29-23)15-5-6-15/h1-4,13-17H,5-12H2,(H,26,31)(H,27,28,29). The van der Waals surface area contributed by atoms with Crippen LogP contribution >= 0.6 is 0 Å². The number of rotatable bonds is 5. The lowest BCUT2D eigenvalue weighted by Crippen LogP contribution is -2.38. The van der Waals surface area contributed by atoms with Gasteiger partial charge in [0.15, 0.2) is 5.82 Å². The van der Waals surface area contributed by atoms with Gasteiger partial charge in [0.25, 0.3) is 5.91 Å². The topological polar surface area (TPSA) is 91.0 Å². The Morgan fingerprint density at radius 3 is 2.34 bits per heavy atom. The molecule has 32 heavy (non-hydrogen) atoms. The molecule has 164 valence electrons. The maximum Gasteiger partial charge on any atom is 0.255 e. The number of aromatic nitrogens is 3. The molecular weight excluding hydrogens is 402 g/mol. The van der Waals surface area contributed by atoms with Crippen LogP contribution in [-0.2, 0) is 4.79 Å². The Morgan fingerprint density at radius 2 is 1.66 bits per heavy atom. The second-order valence-electron chi connectivity index (χ2n) is 9.43. The maximum absolute atomic E-state index is 13.5. The van der Waals surface area contributed by atoms with E-state index in [1.807, 2.05) is 41.3 Å². The fourth-order valence-corrected chi connectivity index (χ4v) is 4.62. The number of fused-ring (bicyclic) bond motifs is 1. The zero-order valence-electron chi connectivity index (χ0n) is 18.0. The van der Waals surface area contributed by atoms with E-state index in [0.717, 1.165) is 48.1 Å². The van der Waals surface area contributed by atoms with Crippen molar-refractivity contribution in [2.45, 2.75) is 50.4 Å². The van der Waals surface area contributed by atoms with E-state index in [1.54, 1.807) is 0 Å². The van der Waals surface area contributed by atoms with Crippen molar-refractivity contribution in [3.05, 3.63) is 53.6 Å². The van der Waals surface area contributed by atoms with Crippen molar-refractivity contribution in [2.75, 3.05) is 18.4 Å². The Hall–Kier alpha value is -3.22. The molecule has 0 bridgehead atoms. The van der Waals surface area contributed by atoms with Gasteiger partial charge in [-0.3, -0.25) is 14.7 Å². The third-order valence-electron chi connectivity index (χ3n) is 6.95. The number of hydrogen-bond acceptors (Lipinski definition) is 4.